The summed E-state index contributed by atoms with van der Waals surface area (Å²) < 4.78 is 0. The van der Waals surface area contributed by atoms with Crippen LogP contribution in [0.5, 0.6) is 0 Å². The van der Waals surface area contributed by atoms with E-state index in [2.05, 4.69) is 19.1 Å². The number of aryl methyl sites for hydroxylation is 1. The zero-order valence-corrected chi connectivity index (χ0v) is 12.6. The van der Waals surface area contributed by atoms with E-state index in [1.165, 1.54) is 48.3 Å². The lowest BCUT2D eigenvalue weighted by Crippen LogP contribution is -2.46. The lowest BCUT2D eigenvalue weighted by Gasteiger charge is -2.57. The molecular formula is C17H24OS. The Bertz CT molecular complexity index is 440. The van der Waals surface area contributed by atoms with Crippen LogP contribution in [0, 0.1) is 30.1 Å². The van der Waals surface area contributed by atoms with Crippen LogP contribution >= 0.6 is 11.3 Å². The van der Waals surface area contributed by atoms with E-state index in [4.69, 9.17) is 0 Å². The average Bonchev–Trinajstić information content (AvgIpc) is 2.73. The molecule has 0 amide bonds. The van der Waals surface area contributed by atoms with Crippen molar-refractivity contribution in [1.82, 2.24) is 0 Å². The molecule has 19 heavy (non-hydrogen) atoms. The smallest absolute Gasteiger partial charge is 0.0887 e. The van der Waals surface area contributed by atoms with Crippen molar-refractivity contribution >= 4 is 11.3 Å². The van der Waals surface area contributed by atoms with E-state index in [9.17, 15) is 5.11 Å². The van der Waals surface area contributed by atoms with Crippen LogP contribution in [-0.4, -0.2) is 5.11 Å². The molecule has 1 N–H and O–H groups in total. The molecule has 1 heterocycles. The van der Waals surface area contributed by atoms with Crippen molar-refractivity contribution in [1.29, 1.82) is 0 Å². The molecule has 4 bridgehead atoms. The van der Waals surface area contributed by atoms with Crippen LogP contribution in [0.25, 0.3) is 0 Å². The highest BCUT2D eigenvalue weighted by Crippen LogP contribution is 2.62. The normalized spacial score (nSPS) is 41.7. The molecule has 104 valence electrons. The van der Waals surface area contributed by atoms with Gasteiger partial charge in [0.05, 0.1) is 6.10 Å². The van der Waals surface area contributed by atoms with Gasteiger partial charge in [-0.15, -0.1) is 11.3 Å². The molecule has 1 unspecified atom stereocenters. The molecule has 5 rings (SSSR count). The summed E-state index contributed by atoms with van der Waals surface area (Å²) >= 11 is 1.77. The highest BCUT2D eigenvalue weighted by molar-refractivity contribution is 7.12. The Balaban J connectivity index is 1.53. The van der Waals surface area contributed by atoms with Crippen molar-refractivity contribution in [3.05, 3.63) is 21.9 Å². The average molecular weight is 276 g/mol. The molecule has 4 aliphatic rings. The largest absolute Gasteiger partial charge is 0.388 e. The summed E-state index contributed by atoms with van der Waals surface area (Å²) in [5, 5.41) is 10.6. The van der Waals surface area contributed by atoms with Gasteiger partial charge >= 0.3 is 0 Å². The first-order chi connectivity index (χ1) is 9.12. The van der Waals surface area contributed by atoms with Crippen LogP contribution in [0.2, 0.25) is 0 Å². The van der Waals surface area contributed by atoms with Gasteiger partial charge in [0.25, 0.3) is 0 Å². The minimum atomic E-state index is -0.213. The summed E-state index contributed by atoms with van der Waals surface area (Å²) in [7, 11) is 0. The van der Waals surface area contributed by atoms with Gasteiger partial charge in [-0.25, -0.2) is 0 Å². The number of rotatable bonds is 3. The van der Waals surface area contributed by atoms with Gasteiger partial charge in [0.15, 0.2) is 0 Å². The van der Waals surface area contributed by atoms with Gasteiger partial charge in [0, 0.05) is 9.75 Å². The topological polar surface area (TPSA) is 20.2 Å². The van der Waals surface area contributed by atoms with Crippen molar-refractivity contribution in [3.63, 3.8) is 0 Å². The van der Waals surface area contributed by atoms with Gasteiger partial charge in [-0.1, -0.05) is 0 Å². The zero-order chi connectivity index (χ0) is 13.0. The van der Waals surface area contributed by atoms with E-state index in [0.29, 0.717) is 5.41 Å². The van der Waals surface area contributed by atoms with Crippen LogP contribution in [0.4, 0.5) is 0 Å². The third kappa shape index (κ3) is 2.17. The molecule has 2 heteroatoms. The molecule has 4 fully saturated rings. The van der Waals surface area contributed by atoms with Crippen molar-refractivity contribution < 1.29 is 5.11 Å². The summed E-state index contributed by atoms with van der Waals surface area (Å²) in [6.45, 7) is 2.13. The maximum Gasteiger partial charge on any atom is 0.0887 e. The number of thiophene rings is 1. The first kappa shape index (κ1) is 12.4. The fourth-order valence-corrected chi connectivity index (χ4v) is 6.55. The lowest BCUT2D eigenvalue weighted by atomic mass is 9.48. The lowest BCUT2D eigenvalue weighted by molar-refractivity contribution is -0.0760. The molecule has 0 radical (unpaired) electrons. The second kappa shape index (κ2) is 4.33. The van der Waals surface area contributed by atoms with E-state index >= 15 is 0 Å². The Hall–Kier alpha value is -0.340. The van der Waals surface area contributed by atoms with Crippen molar-refractivity contribution in [2.75, 3.05) is 0 Å². The van der Waals surface area contributed by atoms with Gasteiger partial charge in [0.1, 0.15) is 0 Å². The Morgan fingerprint density at radius 3 is 2.21 bits per heavy atom. The Morgan fingerprint density at radius 1 is 1.16 bits per heavy atom. The van der Waals surface area contributed by atoms with Crippen LogP contribution in [-0.2, 0) is 0 Å². The standard InChI is InChI=1S/C17H24OS/c1-11-2-3-16(19-11)15(18)10-17-7-12-4-13(8-17)6-14(5-12)9-17/h2-3,12-15,18H,4-10H2,1H3. The van der Waals surface area contributed by atoms with E-state index in [1.54, 1.807) is 11.3 Å². The first-order valence-electron chi connectivity index (χ1n) is 7.86. The summed E-state index contributed by atoms with van der Waals surface area (Å²) in [5.41, 5.74) is 0.492. The second-order valence-corrected chi connectivity index (χ2v) is 8.91. The molecule has 1 aromatic rings. The maximum atomic E-state index is 10.6. The van der Waals surface area contributed by atoms with Crippen LogP contribution < -0.4 is 0 Å². The third-order valence-electron chi connectivity index (χ3n) is 5.88. The summed E-state index contributed by atoms with van der Waals surface area (Å²) in [6, 6.07) is 4.27. The fraction of sp³-hybridized carbons (Fsp3) is 0.765. The number of hydrogen-bond donors (Lipinski definition) is 1. The second-order valence-electron chi connectivity index (χ2n) is 7.59. The quantitative estimate of drug-likeness (QED) is 0.848. The maximum absolute atomic E-state index is 10.6. The summed E-state index contributed by atoms with van der Waals surface area (Å²) in [6.07, 6.45) is 9.50. The van der Waals surface area contributed by atoms with E-state index in [0.717, 1.165) is 24.2 Å². The Kier molecular flexibility index (Phi) is 2.82. The van der Waals surface area contributed by atoms with Gasteiger partial charge in [-0.2, -0.15) is 0 Å². The van der Waals surface area contributed by atoms with Crippen LogP contribution in [0.1, 0.15) is 60.8 Å². The molecule has 4 aliphatic carbocycles. The van der Waals surface area contributed by atoms with Crippen LogP contribution in [0.15, 0.2) is 12.1 Å². The molecule has 0 aromatic carbocycles. The van der Waals surface area contributed by atoms with Crippen molar-refractivity contribution in [2.24, 2.45) is 23.2 Å². The molecular weight excluding hydrogens is 252 g/mol. The Labute approximate surface area is 120 Å². The predicted octanol–water partition coefficient (Wildman–Crippen LogP) is 4.70. The van der Waals surface area contributed by atoms with E-state index in [1.807, 2.05) is 0 Å². The molecule has 0 spiro atoms. The van der Waals surface area contributed by atoms with Gasteiger partial charge < -0.3 is 5.11 Å². The molecule has 0 aliphatic heterocycles. The molecule has 1 atom stereocenters. The van der Waals surface area contributed by atoms with E-state index < -0.39 is 0 Å². The summed E-state index contributed by atoms with van der Waals surface area (Å²) in [4.78, 5) is 2.51. The fourth-order valence-electron chi connectivity index (χ4n) is 5.68. The highest BCUT2D eigenvalue weighted by atomic mass is 32.1. The van der Waals surface area contributed by atoms with E-state index in [-0.39, 0.29) is 6.10 Å². The third-order valence-corrected chi connectivity index (χ3v) is 6.98. The zero-order valence-electron chi connectivity index (χ0n) is 11.8. The van der Waals surface area contributed by atoms with Crippen molar-refractivity contribution in [2.45, 2.75) is 58.0 Å². The minimum Gasteiger partial charge on any atom is -0.388 e. The number of aliphatic hydroxyl groups is 1. The van der Waals surface area contributed by atoms with Gasteiger partial charge in [-0.05, 0) is 87.2 Å². The Morgan fingerprint density at radius 2 is 1.74 bits per heavy atom. The SMILES string of the molecule is Cc1ccc(C(O)CC23CC4CC(CC(C4)C2)C3)s1. The number of hydrogen-bond acceptors (Lipinski definition) is 2. The minimum absolute atomic E-state index is 0.213. The summed E-state index contributed by atoms with van der Waals surface area (Å²) in [5.74, 6) is 2.97. The molecule has 0 saturated heterocycles. The monoisotopic (exact) mass is 276 g/mol. The highest BCUT2D eigenvalue weighted by Gasteiger charge is 2.51. The molecule has 1 aromatic heterocycles. The first-order valence-corrected chi connectivity index (χ1v) is 8.68. The van der Waals surface area contributed by atoms with Gasteiger partial charge in [0.2, 0.25) is 0 Å². The molecule has 1 nitrogen and oxygen atoms in total. The van der Waals surface area contributed by atoms with Crippen LogP contribution in [0.3, 0.4) is 0 Å². The van der Waals surface area contributed by atoms with Gasteiger partial charge in [-0.3, -0.25) is 0 Å². The van der Waals surface area contributed by atoms with Crippen molar-refractivity contribution in [3.8, 4) is 0 Å². The number of aliphatic hydroxyl groups excluding tert-OH is 1. The predicted molar refractivity (Wildman–Crippen MR) is 79.2 cm³/mol. The molecule has 4 saturated carbocycles.